The average molecular weight is 428 g/mol. The first-order valence-corrected chi connectivity index (χ1v) is 9.00. The summed E-state index contributed by atoms with van der Waals surface area (Å²) >= 11 is 5.14. The summed E-state index contributed by atoms with van der Waals surface area (Å²) in [7, 11) is 2.95. The zero-order valence-electron chi connectivity index (χ0n) is 16.0. The molecule has 0 saturated carbocycles. The van der Waals surface area contributed by atoms with E-state index in [1.807, 2.05) is 0 Å². The van der Waals surface area contributed by atoms with E-state index in [1.54, 1.807) is 24.3 Å². The second kappa shape index (κ2) is 9.61. The van der Waals surface area contributed by atoms with Gasteiger partial charge in [-0.3, -0.25) is 10.1 Å². The summed E-state index contributed by atoms with van der Waals surface area (Å²) in [5, 5.41) is 5.50. The van der Waals surface area contributed by atoms with E-state index in [1.165, 1.54) is 44.6 Å². The van der Waals surface area contributed by atoms with Crippen molar-refractivity contribution in [2.24, 2.45) is 0 Å². The van der Waals surface area contributed by atoms with Crippen LogP contribution in [0.2, 0.25) is 0 Å². The normalized spacial score (nSPS) is 10.1. The highest BCUT2D eigenvalue weighted by Crippen LogP contribution is 2.24. The molecule has 1 amide bonds. The molecule has 10 heteroatoms. The molecule has 3 rings (SSSR count). The van der Waals surface area contributed by atoms with Gasteiger partial charge in [0.15, 0.2) is 5.11 Å². The Kier molecular flexibility index (Phi) is 6.71. The molecule has 0 aliphatic rings. The Hall–Kier alpha value is -3.79. The monoisotopic (exact) mass is 428 g/mol. The van der Waals surface area contributed by atoms with Gasteiger partial charge in [0.1, 0.15) is 11.6 Å². The average Bonchev–Trinajstić information content (AvgIpc) is 2.75. The molecular formula is C20H17FN4O4S. The van der Waals surface area contributed by atoms with Crippen LogP contribution in [0.15, 0.2) is 54.6 Å². The molecule has 0 unspecified atom stereocenters. The SMILES string of the molecule is COc1cc(OC)nc(Oc2ccc(NC(=S)NC(=O)c3ccc(F)cc3)cc2)n1. The Balaban J connectivity index is 1.59. The highest BCUT2D eigenvalue weighted by molar-refractivity contribution is 7.80. The lowest BCUT2D eigenvalue weighted by molar-refractivity contribution is 0.0977. The van der Waals surface area contributed by atoms with E-state index in [0.29, 0.717) is 23.2 Å². The number of carbonyl (C=O) groups is 1. The lowest BCUT2D eigenvalue weighted by Crippen LogP contribution is -2.34. The van der Waals surface area contributed by atoms with Crippen molar-refractivity contribution in [3.05, 3.63) is 66.0 Å². The van der Waals surface area contributed by atoms with Gasteiger partial charge in [-0.25, -0.2) is 4.39 Å². The standard InChI is InChI=1S/C20H17FN4O4S/c1-27-16-11-17(28-2)24-19(23-16)29-15-9-7-14(8-10-15)22-20(30)25-18(26)12-3-5-13(21)6-4-12/h3-11H,1-2H3,(H2,22,25,26,30). The predicted octanol–water partition coefficient (Wildman–Crippen LogP) is 3.55. The fraction of sp³-hybridized carbons (Fsp3) is 0.100. The molecule has 2 N–H and O–H groups in total. The highest BCUT2D eigenvalue weighted by atomic mass is 32.1. The lowest BCUT2D eigenvalue weighted by Gasteiger charge is -2.11. The van der Waals surface area contributed by atoms with Crippen molar-refractivity contribution < 1.29 is 23.4 Å². The Labute approximate surface area is 177 Å². The van der Waals surface area contributed by atoms with Gasteiger partial charge in [0.25, 0.3) is 5.91 Å². The summed E-state index contributed by atoms with van der Waals surface area (Å²) < 4.78 is 28.7. The summed E-state index contributed by atoms with van der Waals surface area (Å²) in [4.78, 5) is 20.3. The maximum Gasteiger partial charge on any atom is 0.328 e. The van der Waals surface area contributed by atoms with E-state index in [9.17, 15) is 9.18 Å². The molecular weight excluding hydrogens is 411 g/mol. The highest BCUT2D eigenvalue weighted by Gasteiger charge is 2.10. The van der Waals surface area contributed by atoms with Crippen LogP contribution in [0, 0.1) is 5.82 Å². The fourth-order valence-electron chi connectivity index (χ4n) is 2.29. The molecule has 3 aromatic rings. The van der Waals surface area contributed by atoms with Crippen LogP contribution in [-0.4, -0.2) is 35.2 Å². The molecule has 0 aliphatic carbocycles. The van der Waals surface area contributed by atoms with Crippen molar-refractivity contribution in [2.75, 3.05) is 19.5 Å². The molecule has 0 atom stereocenters. The number of thiocarbonyl (C=S) groups is 1. The van der Waals surface area contributed by atoms with Gasteiger partial charge in [0.05, 0.1) is 20.3 Å². The summed E-state index contributed by atoms with van der Waals surface area (Å²) in [5.41, 5.74) is 0.911. The first-order valence-electron chi connectivity index (χ1n) is 8.59. The minimum absolute atomic E-state index is 0.0639. The number of ether oxygens (including phenoxy) is 3. The third-order valence-corrected chi connectivity index (χ3v) is 3.94. The summed E-state index contributed by atoms with van der Waals surface area (Å²) in [6.45, 7) is 0. The molecule has 30 heavy (non-hydrogen) atoms. The van der Waals surface area contributed by atoms with E-state index >= 15 is 0 Å². The van der Waals surface area contributed by atoms with Crippen LogP contribution in [0.4, 0.5) is 10.1 Å². The lowest BCUT2D eigenvalue weighted by atomic mass is 10.2. The minimum Gasteiger partial charge on any atom is -0.481 e. The number of aromatic nitrogens is 2. The van der Waals surface area contributed by atoms with Crippen molar-refractivity contribution in [3.63, 3.8) is 0 Å². The number of hydrogen-bond acceptors (Lipinski definition) is 7. The molecule has 0 bridgehead atoms. The van der Waals surface area contributed by atoms with Gasteiger partial charge in [-0.2, -0.15) is 9.97 Å². The molecule has 154 valence electrons. The first-order chi connectivity index (χ1) is 14.5. The summed E-state index contributed by atoms with van der Waals surface area (Å²) in [5.74, 6) is 0.204. The van der Waals surface area contributed by atoms with Crippen molar-refractivity contribution in [2.45, 2.75) is 0 Å². The van der Waals surface area contributed by atoms with Crippen LogP contribution in [0.3, 0.4) is 0 Å². The number of halogens is 1. The largest absolute Gasteiger partial charge is 0.481 e. The van der Waals surface area contributed by atoms with Crippen LogP contribution in [0.5, 0.6) is 23.5 Å². The maximum absolute atomic E-state index is 12.9. The molecule has 8 nitrogen and oxygen atoms in total. The Morgan fingerprint density at radius 1 is 0.967 bits per heavy atom. The fourth-order valence-corrected chi connectivity index (χ4v) is 2.50. The van der Waals surface area contributed by atoms with E-state index in [2.05, 4.69) is 20.6 Å². The summed E-state index contributed by atoms with van der Waals surface area (Å²) in [6, 6.07) is 13.5. The molecule has 1 aromatic heterocycles. The van der Waals surface area contributed by atoms with Crippen molar-refractivity contribution in [1.29, 1.82) is 0 Å². The van der Waals surface area contributed by atoms with Gasteiger partial charge < -0.3 is 19.5 Å². The molecule has 0 radical (unpaired) electrons. The number of hydrogen-bond donors (Lipinski definition) is 2. The van der Waals surface area contributed by atoms with Crippen molar-refractivity contribution in [3.8, 4) is 23.5 Å². The van der Waals surface area contributed by atoms with Crippen LogP contribution in [0.1, 0.15) is 10.4 Å². The van der Waals surface area contributed by atoms with Gasteiger partial charge >= 0.3 is 6.01 Å². The molecule has 0 aliphatic heterocycles. The topological polar surface area (TPSA) is 94.6 Å². The quantitative estimate of drug-likeness (QED) is 0.576. The van der Waals surface area contributed by atoms with Crippen LogP contribution in [0.25, 0.3) is 0 Å². The van der Waals surface area contributed by atoms with E-state index < -0.39 is 11.7 Å². The number of nitrogens with zero attached hydrogens (tertiary/aromatic N) is 2. The summed E-state index contributed by atoms with van der Waals surface area (Å²) in [6.07, 6.45) is 0. The maximum atomic E-state index is 12.9. The minimum atomic E-state index is -0.448. The zero-order valence-corrected chi connectivity index (χ0v) is 16.8. The Morgan fingerprint density at radius 2 is 1.57 bits per heavy atom. The predicted molar refractivity (Wildman–Crippen MR) is 112 cm³/mol. The first kappa shape index (κ1) is 20.9. The number of amides is 1. The van der Waals surface area contributed by atoms with E-state index in [0.717, 1.165) is 0 Å². The Morgan fingerprint density at radius 3 is 2.13 bits per heavy atom. The molecule has 2 aromatic carbocycles. The number of benzene rings is 2. The van der Waals surface area contributed by atoms with Gasteiger partial charge in [0.2, 0.25) is 11.8 Å². The van der Waals surface area contributed by atoms with Crippen molar-refractivity contribution >= 4 is 28.9 Å². The number of anilines is 1. The molecule has 0 saturated heterocycles. The number of nitrogens with one attached hydrogen (secondary N) is 2. The van der Waals surface area contributed by atoms with Crippen LogP contribution < -0.4 is 24.8 Å². The molecule has 0 fully saturated rings. The number of carbonyl (C=O) groups excluding carboxylic acids is 1. The van der Waals surface area contributed by atoms with Crippen LogP contribution >= 0.6 is 12.2 Å². The van der Waals surface area contributed by atoms with Crippen LogP contribution in [-0.2, 0) is 0 Å². The Bertz CT molecular complexity index is 1020. The van der Waals surface area contributed by atoms with Gasteiger partial charge in [-0.05, 0) is 60.7 Å². The third kappa shape index (κ3) is 5.61. The van der Waals surface area contributed by atoms with Gasteiger partial charge in [-0.1, -0.05) is 0 Å². The molecule has 1 heterocycles. The zero-order chi connectivity index (χ0) is 21.5. The third-order valence-electron chi connectivity index (χ3n) is 3.73. The van der Waals surface area contributed by atoms with Gasteiger partial charge in [-0.15, -0.1) is 0 Å². The number of rotatable bonds is 6. The second-order valence-corrected chi connectivity index (χ2v) is 6.19. The van der Waals surface area contributed by atoms with E-state index in [4.69, 9.17) is 26.4 Å². The number of methoxy groups -OCH3 is 2. The molecule has 0 spiro atoms. The second-order valence-electron chi connectivity index (χ2n) is 5.78. The van der Waals surface area contributed by atoms with Gasteiger partial charge in [0, 0.05) is 11.3 Å². The van der Waals surface area contributed by atoms with E-state index in [-0.39, 0.29) is 16.7 Å². The van der Waals surface area contributed by atoms with Crippen molar-refractivity contribution in [1.82, 2.24) is 15.3 Å². The smallest absolute Gasteiger partial charge is 0.328 e.